The fourth-order valence-electron chi connectivity index (χ4n) is 3.82. The van der Waals surface area contributed by atoms with Crippen molar-refractivity contribution in [2.45, 2.75) is 18.9 Å². The summed E-state index contributed by atoms with van der Waals surface area (Å²) < 4.78 is 7.48. The predicted octanol–water partition coefficient (Wildman–Crippen LogP) is 0.711. The molecule has 1 spiro atoms. The lowest BCUT2D eigenvalue weighted by atomic mass is 9.87. The molecule has 3 heterocycles. The van der Waals surface area contributed by atoms with Crippen LogP contribution in [-0.4, -0.2) is 79.5 Å². The van der Waals surface area contributed by atoms with Crippen molar-refractivity contribution in [1.82, 2.24) is 24.9 Å². The van der Waals surface area contributed by atoms with Crippen molar-refractivity contribution in [3.63, 3.8) is 0 Å². The van der Waals surface area contributed by atoms with Gasteiger partial charge >= 0.3 is 0 Å². The summed E-state index contributed by atoms with van der Waals surface area (Å²) in [5, 5.41) is 7.86. The van der Waals surface area contributed by atoms with Crippen LogP contribution in [0, 0.1) is 5.41 Å². The highest BCUT2D eigenvalue weighted by Crippen LogP contribution is 2.38. The van der Waals surface area contributed by atoms with E-state index in [4.69, 9.17) is 4.74 Å². The number of ether oxygens (including phenoxy) is 1. The van der Waals surface area contributed by atoms with E-state index in [1.807, 2.05) is 25.0 Å². The molecule has 2 atom stereocenters. The molecule has 0 saturated carbocycles. The fourth-order valence-corrected chi connectivity index (χ4v) is 3.82. The average molecular weight is 334 g/mol. The maximum atomic E-state index is 5.63. The zero-order chi connectivity index (χ0) is 17.2. The Morgan fingerprint density at radius 2 is 2.33 bits per heavy atom. The summed E-state index contributed by atoms with van der Waals surface area (Å²) in [4.78, 5) is 9.10. The van der Waals surface area contributed by atoms with E-state index in [0.29, 0.717) is 5.41 Å². The SMILES string of the molecule is CN=C(NCC(c1cnn(C)c1)N(C)C)N1CCC2(CCOC2)C1. The van der Waals surface area contributed by atoms with Crippen molar-refractivity contribution in [3.8, 4) is 0 Å². The van der Waals surface area contributed by atoms with Crippen molar-refractivity contribution in [3.05, 3.63) is 18.0 Å². The molecule has 7 nitrogen and oxygen atoms in total. The van der Waals surface area contributed by atoms with Crippen molar-refractivity contribution >= 4 is 5.96 Å². The second-order valence-electron chi connectivity index (χ2n) is 7.33. The number of aryl methyl sites for hydroxylation is 1. The van der Waals surface area contributed by atoms with E-state index in [1.165, 1.54) is 18.4 Å². The average Bonchev–Trinajstić information content (AvgIpc) is 3.27. The normalized spacial score (nSPS) is 25.9. The smallest absolute Gasteiger partial charge is 0.193 e. The van der Waals surface area contributed by atoms with E-state index < -0.39 is 0 Å². The van der Waals surface area contributed by atoms with Crippen LogP contribution in [0.1, 0.15) is 24.4 Å². The lowest BCUT2D eigenvalue weighted by Gasteiger charge is -2.28. The first-order valence-electron chi connectivity index (χ1n) is 8.71. The molecule has 2 fully saturated rings. The van der Waals surface area contributed by atoms with Gasteiger partial charge < -0.3 is 19.9 Å². The van der Waals surface area contributed by atoms with E-state index >= 15 is 0 Å². The lowest BCUT2D eigenvalue weighted by molar-refractivity contribution is 0.156. The van der Waals surface area contributed by atoms with Crippen LogP contribution in [0.2, 0.25) is 0 Å². The summed E-state index contributed by atoms with van der Waals surface area (Å²) in [6.45, 7) is 4.72. The van der Waals surface area contributed by atoms with Gasteiger partial charge in [-0.25, -0.2) is 0 Å². The molecule has 134 valence electrons. The largest absolute Gasteiger partial charge is 0.381 e. The van der Waals surface area contributed by atoms with Crippen molar-refractivity contribution in [1.29, 1.82) is 0 Å². The molecule has 2 aliphatic rings. The highest BCUT2D eigenvalue weighted by molar-refractivity contribution is 5.80. The van der Waals surface area contributed by atoms with Crippen molar-refractivity contribution < 1.29 is 4.74 Å². The Morgan fingerprint density at radius 3 is 2.92 bits per heavy atom. The molecule has 0 aromatic carbocycles. The monoisotopic (exact) mass is 334 g/mol. The van der Waals surface area contributed by atoms with Crippen molar-refractivity contribution in [2.75, 3.05) is 54.0 Å². The molecule has 1 N–H and O–H groups in total. The topological polar surface area (TPSA) is 57.9 Å². The summed E-state index contributed by atoms with van der Waals surface area (Å²) in [6.07, 6.45) is 6.40. The molecule has 2 saturated heterocycles. The van der Waals surface area contributed by atoms with Crippen LogP contribution in [0.4, 0.5) is 0 Å². The zero-order valence-electron chi connectivity index (χ0n) is 15.3. The molecule has 1 aromatic rings. The molecule has 0 radical (unpaired) electrons. The highest BCUT2D eigenvalue weighted by atomic mass is 16.5. The van der Waals surface area contributed by atoms with E-state index in [-0.39, 0.29) is 6.04 Å². The van der Waals surface area contributed by atoms with Gasteiger partial charge in [0, 0.05) is 57.5 Å². The molecule has 2 aliphatic heterocycles. The number of aromatic nitrogens is 2. The van der Waals surface area contributed by atoms with Crippen LogP contribution in [-0.2, 0) is 11.8 Å². The molecular weight excluding hydrogens is 304 g/mol. The third-order valence-electron chi connectivity index (χ3n) is 5.32. The zero-order valence-corrected chi connectivity index (χ0v) is 15.3. The summed E-state index contributed by atoms with van der Waals surface area (Å²) >= 11 is 0. The van der Waals surface area contributed by atoms with E-state index in [9.17, 15) is 0 Å². The first-order chi connectivity index (χ1) is 11.5. The summed E-state index contributed by atoms with van der Waals surface area (Å²) in [5.41, 5.74) is 1.56. The number of hydrogen-bond donors (Lipinski definition) is 1. The number of guanidine groups is 1. The van der Waals surface area contributed by atoms with Gasteiger partial charge in [0.15, 0.2) is 5.96 Å². The quantitative estimate of drug-likeness (QED) is 0.649. The van der Waals surface area contributed by atoms with Gasteiger partial charge in [0.2, 0.25) is 0 Å². The molecule has 0 aliphatic carbocycles. The number of nitrogens with one attached hydrogen (secondary N) is 1. The van der Waals surface area contributed by atoms with Gasteiger partial charge in [0.05, 0.1) is 18.8 Å². The lowest BCUT2D eigenvalue weighted by Crippen LogP contribution is -2.44. The Balaban J connectivity index is 1.61. The number of nitrogens with zero attached hydrogens (tertiary/aromatic N) is 5. The number of likely N-dealkylation sites (tertiary alicyclic amines) is 1. The van der Waals surface area contributed by atoms with Crippen LogP contribution in [0.25, 0.3) is 0 Å². The summed E-state index contributed by atoms with van der Waals surface area (Å²) in [7, 11) is 8.02. The molecular formula is C17H30N6O. The predicted molar refractivity (Wildman–Crippen MR) is 95.1 cm³/mol. The Labute approximate surface area is 144 Å². The Bertz CT molecular complexity index is 575. The number of likely N-dealkylation sites (N-methyl/N-ethyl adjacent to an activating group) is 1. The number of aliphatic imine (C=N–C) groups is 1. The van der Waals surface area contributed by atoms with E-state index in [2.05, 4.69) is 45.5 Å². The van der Waals surface area contributed by atoms with Gasteiger partial charge in [-0.1, -0.05) is 0 Å². The van der Waals surface area contributed by atoms with Crippen LogP contribution in [0.5, 0.6) is 0 Å². The van der Waals surface area contributed by atoms with Crippen LogP contribution in [0.3, 0.4) is 0 Å². The van der Waals surface area contributed by atoms with Gasteiger partial charge in [-0.2, -0.15) is 5.10 Å². The minimum absolute atomic E-state index is 0.266. The van der Waals surface area contributed by atoms with Crippen LogP contribution < -0.4 is 5.32 Å². The minimum atomic E-state index is 0.266. The van der Waals surface area contributed by atoms with Crippen LogP contribution in [0.15, 0.2) is 17.4 Å². The molecule has 7 heteroatoms. The first-order valence-corrected chi connectivity index (χ1v) is 8.71. The highest BCUT2D eigenvalue weighted by Gasteiger charge is 2.42. The molecule has 0 bridgehead atoms. The van der Waals surface area contributed by atoms with E-state index in [1.54, 1.807) is 0 Å². The minimum Gasteiger partial charge on any atom is -0.381 e. The molecule has 1 aromatic heterocycles. The number of hydrogen-bond acceptors (Lipinski definition) is 4. The Hall–Kier alpha value is -1.60. The molecule has 3 rings (SSSR count). The van der Waals surface area contributed by atoms with Gasteiger partial charge in [0.25, 0.3) is 0 Å². The third kappa shape index (κ3) is 3.57. The second kappa shape index (κ2) is 7.11. The molecule has 0 amide bonds. The second-order valence-corrected chi connectivity index (χ2v) is 7.33. The maximum absolute atomic E-state index is 5.63. The Morgan fingerprint density at radius 1 is 1.50 bits per heavy atom. The number of rotatable bonds is 4. The standard InChI is InChI=1S/C17H30N6O/c1-18-16(23-7-5-17(12-23)6-8-24-13-17)19-10-15(21(2)3)14-9-20-22(4)11-14/h9,11,15H,5-8,10,12-13H2,1-4H3,(H,18,19). The maximum Gasteiger partial charge on any atom is 0.193 e. The van der Waals surface area contributed by atoms with Gasteiger partial charge in [0.1, 0.15) is 0 Å². The van der Waals surface area contributed by atoms with Gasteiger partial charge in [-0.3, -0.25) is 9.67 Å². The van der Waals surface area contributed by atoms with Gasteiger partial charge in [-0.15, -0.1) is 0 Å². The summed E-state index contributed by atoms with van der Waals surface area (Å²) in [5.74, 6) is 0.995. The Kier molecular flexibility index (Phi) is 5.10. The van der Waals surface area contributed by atoms with Gasteiger partial charge in [-0.05, 0) is 26.9 Å². The molecule has 2 unspecified atom stereocenters. The molecule has 24 heavy (non-hydrogen) atoms. The first kappa shape index (κ1) is 17.2. The summed E-state index contributed by atoms with van der Waals surface area (Å²) in [6, 6.07) is 0.266. The third-order valence-corrected chi connectivity index (χ3v) is 5.32. The van der Waals surface area contributed by atoms with E-state index in [0.717, 1.165) is 38.8 Å². The van der Waals surface area contributed by atoms with Crippen LogP contribution >= 0.6 is 0 Å². The fraction of sp³-hybridized carbons (Fsp3) is 0.765. The van der Waals surface area contributed by atoms with Crippen molar-refractivity contribution in [2.24, 2.45) is 17.5 Å².